The number of rotatable bonds is 11. The Morgan fingerprint density at radius 1 is 1.25 bits per heavy atom. The number of primary amides is 1. The molecule has 0 aliphatic rings. The molecular weight excluding hydrogens is 324 g/mol. The second-order valence-electron chi connectivity index (χ2n) is 5.49. The first kappa shape index (κ1) is 18.5. The number of carbonyl (C=O) groups is 1. The van der Waals surface area contributed by atoms with Gasteiger partial charge in [0.05, 0.1) is 0 Å². The lowest BCUT2D eigenvalue weighted by Gasteiger charge is -2.10. The number of unbranched alkanes of at least 4 members (excludes halogenated alkanes) is 1. The third kappa shape index (κ3) is 5.98. The molecule has 0 aliphatic carbocycles. The molecule has 0 unspecified atom stereocenters. The molecule has 0 saturated carbocycles. The molecular formula is C17H24N4O2S. The van der Waals surface area contributed by atoms with E-state index < -0.39 is 0 Å². The topological polar surface area (TPSA) is 83.0 Å². The Morgan fingerprint density at radius 2 is 2.04 bits per heavy atom. The zero-order valence-corrected chi connectivity index (χ0v) is 14.8. The first-order chi connectivity index (χ1) is 11.7. The zero-order chi connectivity index (χ0) is 17.2. The number of thioether (sulfide) groups is 1. The third-order valence-corrected chi connectivity index (χ3v) is 4.62. The molecule has 1 aromatic carbocycles. The summed E-state index contributed by atoms with van der Waals surface area (Å²) in [5.41, 5.74) is 6.50. The molecule has 130 valence electrons. The van der Waals surface area contributed by atoms with Crippen molar-refractivity contribution >= 4 is 17.7 Å². The minimum absolute atomic E-state index is 0.291. The van der Waals surface area contributed by atoms with Crippen molar-refractivity contribution in [2.75, 3.05) is 13.7 Å². The van der Waals surface area contributed by atoms with E-state index in [1.165, 1.54) is 5.56 Å². The van der Waals surface area contributed by atoms with Gasteiger partial charge in [-0.3, -0.25) is 4.79 Å². The lowest BCUT2D eigenvalue weighted by molar-refractivity contribution is -0.118. The van der Waals surface area contributed by atoms with Gasteiger partial charge in [-0.2, -0.15) is 0 Å². The van der Waals surface area contributed by atoms with Gasteiger partial charge in [0.2, 0.25) is 5.91 Å². The highest BCUT2D eigenvalue weighted by atomic mass is 32.2. The first-order valence-electron chi connectivity index (χ1n) is 8.06. The number of aryl methyl sites for hydroxylation is 1. The van der Waals surface area contributed by atoms with Crippen LogP contribution in [0.4, 0.5) is 0 Å². The second kappa shape index (κ2) is 10.1. The number of nitrogens with two attached hydrogens (primary N) is 1. The number of nitrogens with zero attached hydrogens (tertiary/aromatic N) is 3. The van der Waals surface area contributed by atoms with E-state index in [9.17, 15) is 4.79 Å². The maximum atomic E-state index is 11.0. The van der Waals surface area contributed by atoms with Crippen LogP contribution in [0, 0.1) is 0 Å². The second-order valence-corrected chi connectivity index (χ2v) is 6.43. The van der Waals surface area contributed by atoms with Crippen LogP contribution in [0.1, 0.15) is 30.7 Å². The molecule has 7 heteroatoms. The fourth-order valence-corrected chi connectivity index (χ4v) is 3.25. The van der Waals surface area contributed by atoms with E-state index in [1.54, 1.807) is 18.9 Å². The molecule has 0 atom stereocenters. The van der Waals surface area contributed by atoms with Crippen LogP contribution in [0.25, 0.3) is 0 Å². The molecule has 2 aromatic rings. The summed E-state index contributed by atoms with van der Waals surface area (Å²) in [6.45, 7) is 1.56. The van der Waals surface area contributed by atoms with Gasteiger partial charge in [-0.15, -0.1) is 10.2 Å². The van der Waals surface area contributed by atoms with Gasteiger partial charge in [0, 0.05) is 38.9 Å². The number of hydrogen-bond donors (Lipinski definition) is 1. The molecule has 2 N–H and O–H groups in total. The van der Waals surface area contributed by atoms with Crippen molar-refractivity contribution in [3.05, 3.63) is 41.7 Å². The van der Waals surface area contributed by atoms with Gasteiger partial charge in [-0.25, -0.2) is 0 Å². The van der Waals surface area contributed by atoms with Crippen molar-refractivity contribution in [3.8, 4) is 0 Å². The van der Waals surface area contributed by atoms with Crippen LogP contribution < -0.4 is 5.73 Å². The Hall–Kier alpha value is -1.86. The average molecular weight is 348 g/mol. The van der Waals surface area contributed by atoms with Crippen LogP contribution >= 0.6 is 11.8 Å². The van der Waals surface area contributed by atoms with Gasteiger partial charge in [0.25, 0.3) is 0 Å². The summed E-state index contributed by atoms with van der Waals surface area (Å²) in [6, 6.07) is 10.3. The number of hydrogen-bond acceptors (Lipinski definition) is 5. The molecule has 0 radical (unpaired) electrons. The molecule has 1 aromatic heterocycles. The molecule has 1 amide bonds. The van der Waals surface area contributed by atoms with Crippen LogP contribution in [0.5, 0.6) is 0 Å². The van der Waals surface area contributed by atoms with Crippen molar-refractivity contribution in [2.45, 2.75) is 43.1 Å². The molecule has 0 aliphatic heterocycles. The van der Waals surface area contributed by atoms with Gasteiger partial charge in [0.15, 0.2) is 5.16 Å². The highest BCUT2D eigenvalue weighted by molar-refractivity contribution is 7.98. The maximum absolute atomic E-state index is 11.0. The lowest BCUT2D eigenvalue weighted by Crippen LogP contribution is -2.14. The number of carbonyl (C=O) groups excluding carboxylic acids is 1. The lowest BCUT2D eigenvalue weighted by atomic mass is 10.2. The van der Waals surface area contributed by atoms with Crippen LogP contribution in [-0.2, 0) is 28.2 Å². The first-order valence-corrected chi connectivity index (χ1v) is 9.05. The SMILES string of the molecule is COCCCCn1c(CCC(N)=O)nnc1SCc1ccccc1. The zero-order valence-electron chi connectivity index (χ0n) is 14.0. The summed E-state index contributed by atoms with van der Waals surface area (Å²) in [5.74, 6) is 1.34. The number of aromatic nitrogens is 3. The van der Waals surface area contributed by atoms with Crippen LogP contribution in [0.15, 0.2) is 35.5 Å². The van der Waals surface area contributed by atoms with Crippen molar-refractivity contribution < 1.29 is 9.53 Å². The molecule has 0 saturated heterocycles. The van der Waals surface area contributed by atoms with Gasteiger partial charge < -0.3 is 15.0 Å². The van der Waals surface area contributed by atoms with Gasteiger partial charge in [-0.05, 0) is 18.4 Å². The molecule has 6 nitrogen and oxygen atoms in total. The molecule has 2 rings (SSSR count). The summed E-state index contributed by atoms with van der Waals surface area (Å²) in [5, 5.41) is 9.44. The summed E-state index contributed by atoms with van der Waals surface area (Å²) in [4.78, 5) is 11.0. The van der Waals surface area contributed by atoms with Crippen molar-refractivity contribution in [1.82, 2.24) is 14.8 Å². The summed E-state index contributed by atoms with van der Waals surface area (Å²) >= 11 is 1.66. The van der Waals surface area contributed by atoms with E-state index in [4.69, 9.17) is 10.5 Å². The quantitative estimate of drug-likeness (QED) is 0.498. The van der Waals surface area contributed by atoms with E-state index >= 15 is 0 Å². The van der Waals surface area contributed by atoms with Crippen LogP contribution in [-0.4, -0.2) is 34.4 Å². The van der Waals surface area contributed by atoms with Gasteiger partial charge in [0.1, 0.15) is 5.82 Å². The smallest absolute Gasteiger partial charge is 0.217 e. The van der Waals surface area contributed by atoms with Crippen LogP contribution in [0.2, 0.25) is 0 Å². The Balaban J connectivity index is 2.02. The van der Waals surface area contributed by atoms with E-state index in [1.807, 2.05) is 18.2 Å². The summed E-state index contributed by atoms with van der Waals surface area (Å²) in [7, 11) is 1.71. The van der Waals surface area contributed by atoms with Gasteiger partial charge in [-0.1, -0.05) is 42.1 Å². The highest BCUT2D eigenvalue weighted by Gasteiger charge is 2.13. The van der Waals surface area contributed by atoms with Crippen molar-refractivity contribution in [2.24, 2.45) is 5.73 Å². The standard InChI is InChI=1S/C17H24N4O2S/c1-23-12-6-5-11-21-16(10-9-15(18)22)19-20-17(21)24-13-14-7-3-2-4-8-14/h2-4,7-8H,5-6,9-13H2,1H3,(H2,18,22). The van der Waals surface area contributed by atoms with Crippen molar-refractivity contribution in [3.63, 3.8) is 0 Å². The fourth-order valence-electron chi connectivity index (χ4n) is 2.31. The van der Waals surface area contributed by atoms with Gasteiger partial charge >= 0.3 is 0 Å². The molecule has 24 heavy (non-hydrogen) atoms. The molecule has 1 heterocycles. The number of amides is 1. The Labute approximate surface area is 146 Å². The number of ether oxygens (including phenoxy) is 1. The van der Waals surface area contributed by atoms with E-state index in [-0.39, 0.29) is 5.91 Å². The Kier molecular flexibility index (Phi) is 7.77. The predicted molar refractivity (Wildman–Crippen MR) is 94.7 cm³/mol. The third-order valence-electron chi connectivity index (χ3n) is 3.58. The summed E-state index contributed by atoms with van der Waals surface area (Å²) < 4.78 is 7.20. The molecule has 0 fully saturated rings. The fraction of sp³-hybridized carbons (Fsp3) is 0.471. The summed E-state index contributed by atoms with van der Waals surface area (Å²) in [6.07, 6.45) is 2.78. The predicted octanol–water partition coefficient (Wildman–Crippen LogP) is 2.41. The van der Waals surface area contributed by atoms with Crippen molar-refractivity contribution in [1.29, 1.82) is 0 Å². The number of methoxy groups -OCH3 is 1. The molecule has 0 bridgehead atoms. The Morgan fingerprint density at radius 3 is 2.75 bits per heavy atom. The monoisotopic (exact) mass is 348 g/mol. The normalized spacial score (nSPS) is 10.9. The van der Waals surface area contributed by atoms with E-state index in [2.05, 4.69) is 26.9 Å². The minimum atomic E-state index is -0.317. The minimum Gasteiger partial charge on any atom is -0.385 e. The molecule has 0 spiro atoms. The largest absolute Gasteiger partial charge is 0.385 e. The maximum Gasteiger partial charge on any atom is 0.217 e. The average Bonchev–Trinajstić information content (AvgIpc) is 2.98. The van der Waals surface area contributed by atoms with E-state index in [0.717, 1.165) is 42.7 Å². The highest BCUT2D eigenvalue weighted by Crippen LogP contribution is 2.23. The Bertz CT molecular complexity index is 631. The van der Waals surface area contributed by atoms with E-state index in [0.29, 0.717) is 12.8 Å². The number of benzene rings is 1. The van der Waals surface area contributed by atoms with Crippen LogP contribution in [0.3, 0.4) is 0 Å².